The van der Waals surface area contributed by atoms with Gasteiger partial charge in [-0.1, -0.05) is 6.92 Å². The molecule has 0 saturated heterocycles. The van der Waals surface area contributed by atoms with Crippen LogP contribution in [-0.2, 0) is 0 Å². The highest BCUT2D eigenvalue weighted by molar-refractivity contribution is 9.10. The quantitative estimate of drug-likeness (QED) is 0.819. The molecule has 1 N–H and O–H groups in total. The minimum atomic E-state index is 0.332. The monoisotopic (exact) mass is 327 g/mol. The van der Waals surface area contributed by atoms with Gasteiger partial charge in [-0.3, -0.25) is 0 Å². The van der Waals surface area contributed by atoms with Crippen LogP contribution in [0.5, 0.6) is 11.5 Å². The van der Waals surface area contributed by atoms with E-state index in [0.29, 0.717) is 18.7 Å². The lowest BCUT2D eigenvalue weighted by molar-refractivity contribution is 0.292. The molecule has 0 bridgehead atoms. The lowest BCUT2D eigenvalue weighted by Gasteiger charge is -2.18. The number of hydrogen-bond donors (Lipinski definition) is 1. The molecule has 19 heavy (non-hydrogen) atoms. The minimum Gasteiger partial charge on any atom is -0.492 e. The predicted octanol–water partition coefficient (Wildman–Crippen LogP) is 4.06. The number of nitrogens with one attached hydrogen (secondary N) is 1. The zero-order valence-corrected chi connectivity index (χ0v) is 13.4. The van der Waals surface area contributed by atoms with Gasteiger partial charge in [-0.25, -0.2) is 0 Å². The SMILES string of the molecule is CCCOc1cc(C(C)NC2CC2)cc(Br)c1OC. The van der Waals surface area contributed by atoms with Crippen LogP contribution >= 0.6 is 15.9 Å². The van der Waals surface area contributed by atoms with Crippen LogP contribution < -0.4 is 14.8 Å². The first kappa shape index (κ1) is 14.7. The summed E-state index contributed by atoms with van der Waals surface area (Å²) in [7, 11) is 1.67. The molecule has 4 heteroatoms. The highest BCUT2D eigenvalue weighted by Gasteiger charge is 2.24. The van der Waals surface area contributed by atoms with Gasteiger partial charge in [-0.15, -0.1) is 0 Å². The molecule has 1 saturated carbocycles. The Morgan fingerprint density at radius 2 is 2.16 bits per heavy atom. The van der Waals surface area contributed by atoms with Crippen molar-refractivity contribution in [3.05, 3.63) is 22.2 Å². The Labute approximate surface area is 123 Å². The van der Waals surface area contributed by atoms with Crippen molar-refractivity contribution in [2.45, 2.75) is 45.2 Å². The summed E-state index contributed by atoms with van der Waals surface area (Å²) in [5.74, 6) is 1.59. The van der Waals surface area contributed by atoms with E-state index in [-0.39, 0.29) is 0 Å². The van der Waals surface area contributed by atoms with Gasteiger partial charge in [0.1, 0.15) is 0 Å². The van der Waals surface area contributed by atoms with Crippen molar-refractivity contribution in [1.29, 1.82) is 0 Å². The van der Waals surface area contributed by atoms with E-state index in [9.17, 15) is 0 Å². The number of ether oxygens (including phenoxy) is 2. The molecule has 3 nitrogen and oxygen atoms in total. The summed E-state index contributed by atoms with van der Waals surface area (Å²) in [4.78, 5) is 0. The summed E-state index contributed by atoms with van der Waals surface area (Å²) in [6, 6.07) is 5.21. The van der Waals surface area contributed by atoms with Gasteiger partial charge in [0.15, 0.2) is 11.5 Å². The van der Waals surface area contributed by atoms with Crippen LogP contribution in [-0.4, -0.2) is 19.8 Å². The first-order valence-electron chi connectivity index (χ1n) is 6.92. The van der Waals surface area contributed by atoms with E-state index in [4.69, 9.17) is 9.47 Å². The number of halogens is 1. The summed E-state index contributed by atoms with van der Waals surface area (Å²) in [5, 5.41) is 3.60. The molecule has 0 aliphatic heterocycles. The van der Waals surface area contributed by atoms with Crippen molar-refractivity contribution in [2.24, 2.45) is 0 Å². The molecular formula is C15H22BrNO2. The lowest BCUT2D eigenvalue weighted by atomic mass is 10.1. The molecule has 2 rings (SSSR count). The molecule has 0 aromatic heterocycles. The molecule has 106 valence electrons. The normalized spacial score (nSPS) is 16.2. The van der Waals surface area contributed by atoms with Gasteiger partial charge >= 0.3 is 0 Å². The Hall–Kier alpha value is -0.740. The van der Waals surface area contributed by atoms with Crippen LogP contribution in [0.4, 0.5) is 0 Å². The van der Waals surface area contributed by atoms with Crippen LogP contribution in [0.25, 0.3) is 0 Å². The third-order valence-electron chi connectivity index (χ3n) is 3.26. The van der Waals surface area contributed by atoms with E-state index in [1.165, 1.54) is 18.4 Å². The van der Waals surface area contributed by atoms with Crippen LogP contribution in [0.1, 0.15) is 44.7 Å². The zero-order valence-electron chi connectivity index (χ0n) is 11.8. The van der Waals surface area contributed by atoms with Crippen molar-refractivity contribution in [1.82, 2.24) is 5.32 Å². The molecule has 1 aliphatic carbocycles. The van der Waals surface area contributed by atoms with Gasteiger partial charge in [0, 0.05) is 12.1 Å². The van der Waals surface area contributed by atoms with E-state index >= 15 is 0 Å². The largest absolute Gasteiger partial charge is 0.492 e. The fraction of sp³-hybridized carbons (Fsp3) is 0.600. The average molecular weight is 328 g/mol. The Morgan fingerprint density at radius 1 is 1.42 bits per heavy atom. The molecule has 1 atom stereocenters. The van der Waals surface area contributed by atoms with Crippen LogP contribution in [0.15, 0.2) is 16.6 Å². The second kappa shape index (κ2) is 6.62. The molecule has 0 amide bonds. The molecule has 1 fully saturated rings. The summed E-state index contributed by atoms with van der Waals surface area (Å²) in [6.07, 6.45) is 3.57. The first-order valence-corrected chi connectivity index (χ1v) is 7.71. The Kier molecular flexibility index (Phi) is 5.11. The fourth-order valence-electron chi connectivity index (χ4n) is 2.06. The number of methoxy groups -OCH3 is 1. The zero-order chi connectivity index (χ0) is 13.8. The maximum atomic E-state index is 5.79. The van der Waals surface area contributed by atoms with E-state index in [1.807, 2.05) is 0 Å². The van der Waals surface area contributed by atoms with Gasteiger partial charge < -0.3 is 14.8 Å². The fourth-order valence-corrected chi connectivity index (χ4v) is 2.68. The third-order valence-corrected chi connectivity index (χ3v) is 3.85. The summed E-state index contributed by atoms with van der Waals surface area (Å²) < 4.78 is 12.1. The summed E-state index contributed by atoms with van der Waals surface area (Å²) in [5.41, 5.74) is 1.23. The molecular weight excluding hydrogens is 306 g/mol. The molecule has 1 unspecified atom stereocenters. The Morgan fingerprint density at radius 3 is 2.74 bits per heavy atom. The number of rotatable bonds is 7. The molecule has 1 aromatic rings. The topological polar surface area (TPSA) is 30.5 Å². The number of hydrogen-bond acceptors (Lipinski definition) is 3. The van der Waals surface area contributed by atoms with E-state index < -0.39 is 0 Å². The molecule has 1 aromatic carbocycles. The lowest BCUT2D eigenvalue weighted by Crippen LogP contribution is -2.20. The van der Waals surface area contributed by atoms with Gasteiger partial charge in [-0.2, -0.15) is 0 Å². The highest BCUT2D eigenvalue weighted by atomic mass is 79.9. The second-order valence-electron chi connectivity index (χ2n) is 5.05. The smallest absolute Gasteiger partial charge is 0.174 e. The molecule has 1 aliphatic rings. The van der Waals surface area contributed by atoms with Crippen LogP contribution in [0, 0.1) is 0 Å². The highest BCUT2D eigenvalue weighted by Crippen LogP contribution is 2.38. The van der Waals surface area contributed by atoms with Gasteiger partial charge in [0.2, 0.25) is 0 Å². The molecule has 0 spiro atoms. The van der Waals surface area contributed by atoms with E-state index in [1.54, 1.807) is 7.11 Å². The summed E-state index contributed by atoms with van der Waals surface area (Å²) in [6.45, 7) is 5.00. The maximum Gasteiger partial charge on any atom is 0.174 e. The van der Waals surface area contributed by atoms with Crippen molar-refractivity contribution in [3.8, 4) is 11.5 Å². The standard InChI is InChI=1S/C15H22BrNO2/c1-4-7-19-14-9-11(8-13(16)15(14)18-3)10(2)17-12-5-6-12/h8-10,12,17H,4-7H2,1-3H3. The van der Waals surface area contributed by atoms with Gasteiger partial charge in [0.25, 0.3) is 0 Å². The van der Waals surface area contributed by atoms with Crippen LogP contribution in [0.2, 0.25) is 0 Å². The Balaban J connectivity index is 2.20. The van der Waals surface area contributed by atoms with E-state index in [0.717, 1.165) is 22.4 Å². The average Bonchev–Trinajstić information content (AvgIpc) is 3.19. The predicted molar refractivity (Wildman–Crippen MR) is 81.1 cm³/mol. The van der Waals surface area contributed by atoms with Gasteiger partial charge in [0.05, 0.1) is 18.2 Å². The van der Waals surface area contributed by atoms with Gasteiger partial charge in [-0.05, 0) is 59.8 Å². The number of benzene rings is 1. The summed E-state index contributed by atoms with van der Waals surface area (Å²) >= 11 is 3.57. The minimum absolute atomic E-state index is 0.332. The van der Waals surface area contributed by atoms with Crippen molar-refractivity contribution < 1.29 is 9.47 Å². The molecule has 0 radical (unpaired) electrons. The molecule has 0 heterocycles. The maximum absolute atomic E-state index is 5.79. The second-order valence-corrected chi connectivity index (χ2v) is 5.90. The third kappa shape index (κ3) is 3.86. The van der Waals surface area contributed by atoms with Crippen molar-refractivity contribution >= 4 is 15.9 Å². The Bertz CT molecular complexity index is 432. The van der Waals surface area contributed by atoms with Crippen molar-refractivity contribution in [3.63, 3.8) is 0 Å². The first-order chi connectivity index (χ1) is 9.15. The van der Waals surface area contributed by atoms with E-state index in [2.05, 4.69) is 47.2 Å². The van der Waals surface area contributed by atoms with Crippen molar-refractivity contribution in [2.75, 3.05) is 13.7 Å². The van der Waals surface area contributed by atoms with Crippen LogP contribution in [0.3, 0.4) is 0 Å².